The Morgan fingerprint density at radius 3 is 1.44 bits per heavy atom. The summed E-state index contributed by atoms with van der Waals surface area (Å²) >= 11 is 0. The molecule has 6 heteroatoms. The van der Waals surface area contributed by atoms with Gasteiger partial charge in [0.2, 0.25) is 0 Å². The zero-order chi connectivity index (χ0) is 19.7. The maximum atomic E-state index is 11.3. The Kier molecular flexibility index (Phi) is 23.6. The minimum atomic E-state index is -4.12. The number of hydrogen-bond donors (Lipinski definition) is 1. The number of unbranched alkanes of at least 4 members (excludes halogenated alkanes) is 11. The fourth-order valence-corrected chi connectivity index (χ4v) is 4.32. The zero-order valence-corrected chi connectivity index (χ0v) is 22.2. The molecule has 0 aromatic carbocycles. The van der Waals surface area contributed by atoms with Crippen molar-refractivity contribution in [3.05, 3.63) is 0 Å². The summed E-state index contributed by atoms with van der Waals surface area (Å²) < 4.78 is 33.8. The Morgan fingerprint density at radius 1 is 0.704 bits per heavy atom. The van der Waals surface area contributed by atoms with E-state index in [1.54, 1.807) is 0 Å². The number of aliphatic hydroxyl groups is 1. The van der Waals surface area contributed by atoms with Crippen LogP contribution >= 0.6 is 0 Å². The molecular formula is C21H43KO4S. The molecule has 0 radical (unpaired) electrons. The number of rotatable bonds is 19. The fourth-order valence-electron chi connectivity index (χ4n) is 3.41. The summed E-state index contributed by atoms with van der Waals surface area (Å²) in [5.74, 6) is 0. The molecule has 0 aromatic rings. The molecule has 0 saturated carbocycles. The smallest absolute Gasteiger partial charge is 0.748 e. The molecule has 0 aliphatic rings. The van der Waals surface area contributed by atoms with E-state index in [2.05, 4.69) is 0 Å². The van der Waals surface area contributed by atoms with Crippen molar-refractivity contribution in [3.8, 4) is 0 Å². The van der Waals surface area contributed by atoms with Crippen LogP contribution in [0.25, 0.3) is 0 Å². The number of aliphatic hydroxyl groups excluding tert-OH is 1. The van der Waals surface area contributed by atoms with Crippen molar-refractivity contribution in [1.82, 2.24) is 0 Å². The van der Waals surface area contributed by atoms with Gasteiger partial charge in [-0.25, -0.2) is 8.42 Å². The third kappa shape index (κ3) is 20.6. The van der Waals surface area contributed by atoms with E-state index in [1.807, 2.05) is 13.8 Å². The molecule has 158 valence electrons. The normalized spacial score (nSPS) is 13.9. The zero-order valence-electron chi connectivity index (χ0n) is 18.3. The second-order valence-corrected chi connectivity index (χ2v) is 9.44. The Bertz CT molecular complexity index is 401. The largest absolute Gasteiger partial charge is 1.00 e. The molecule has 0 bridgehead atoms. The summed E-state index contributed by atoms with van der Waals surface area (Å²) in [7, 11) is -4.12. The topological polar surface area (TPSA) is 77.4 Å². The van der Waals surface area contributed by atoms with Crippen molar-refractivity contribution in [3.63, 3.8) is 0 Å². The van der Waals surface area contributed by atoms with Crippen LogP contribution in [0, 0.1) is 0 Å². The van der Waals surface area contributed by atoms with E-state index < -0.39 is 15.4 Å². The van der Waals surface area contributed by atoms with Crippen LogP contribution in [0.3, 0.4) is 0 Å². The third-order valence-corrected chi connectivity index (χ3v) is 6.61. The van der Waals surface area contributed by atoms with Crippen LogP contribution in [0.4, 0.5) is 0 Å². The molecule has 0 amide bonds. The minimum absolute atomic E-state index is 0. The first-order valence-corrected chi connectivity index (χ1v) is 12.5. The van der Waals surface area contributed by atoms with Crippen molar-refractivity contribution in [2.45, 2.75) is 134 Å². The second kappa shape index (κ2) is 20.8. The van der Waals surface area contributed by atoms with Crippen LogP contribution in [-0.2, 0) is 10.1 Å². The standard InChI is InChI=1S/C21H44O4S.K/c1-3-5-18-21(26(23,24)25)19-16-14-12-10-8-6-7-9-11-13-15-17-20(22)4-2;/h20-22H,3-19H2,1-2H3,(H,23,24,25);/q;+1/p-1. The Morgan fingerprint density at radius 2 is 1.07 bits per heavy atom. The average molecular weight is 431 g/mol. The van der Waals surface area contributed by atoms with Gasteiger partial charge in [0.1, 0.15) is 0 Å². The van der Waals surface area contributed by atoms with Gasteiger partial charge in [0.15, 0.2) is 0 Å². The summed E-state index contributed by atoms with van der Waals surface area (Å²) in [6.07, 6.45) is 17.6. The third-order valence-electron chi connectivity index (χ3n) is 5.32. The molecule has 0 heterocycles. The molecule has 2 unspecified atom stereocenters. The number of hydrogen-bond acceptors (Lipinski definition) is 4. The van der Waals surface area contributed by atoms with Gasteiger partial charge in [-0.3, -0.25) is 0 Å². The minimum Gasteiger partial charge on any atom is -0.748 e. The Hall–Kier alpha value is 1.51. The maximum absolute atomic E-state index is 11.3. The predicted molar refractivity (Wildman–Crippen MR) is 109 cm³/mol. The maximum Gasteiger partial charge on any atom is 1.00 e. The molecule has 0 rings (SSSR count). The molecular weight excluding hydrogens is 387 g/mol. The van der Waals surface area contributed by atoms with Crippen LogP contribution < -0.4 is 51.4 Å². The van der Waals surface area contributed by atoms with Crippen LogP contribution in [0.2, 0.25) is 0 Å². The SMILES string of the molecule is CCCCC(CCCCCCCCCCCCCC(O)CC)S(=O)(=O)[O-].[K+]. The predicted octanol–water partition coefficient (Wildman–Crippen LogP) is 2.94. The van der Waals surface area contributed by atoms with E-state index in [9.17, 15) is 18.1 Å². The van der Waals surface area contributed by atoms with E-state index in [4.69, 9.17) is 0 Å². The first-order chi connectivity index (χ1) is 12.4. The van der Waals surface area contributed by atoms with Gasteiger partial charge in [0.25, 0.3) is 0 Å². The second-order valence-electron chi connectivity index (χ2n) is 7.79. The first kappa shape index (κ1) is 30.7. The van der Waals surface area contributed by atoms with Crippen molar-refractivity contribution in [2.75, 3.05) is 0 Å². The van der Waals surface area contributed by atoms with Crippen LogP contribution in [-0.4, -0.2) is 29.4 Å². The quantitative estimate of drug-likeness (QED) is 0.194. The summed E-state index contributed by atoms with van der Waals surface area (Å²) in [5, 5.41) is 8.82. The van der Waals surface area contributed by atoms with Gasteiger partial charge in [0, 0.05) is 5.25 Å². The van der Waals surface area contributed by atoms with Gasteiger partial charge in [-0.05, 0) is 25.7 Å². The Balaban J connectivity index is 0. The van der Waals surface area contributed by atoms with E-state index in [0.717, 1.165) is 51.4 Å². The average Bonchev–Trinajstić information content (AvgIpc) is 2.60. The Labute approximate surface area is 211 Å². The van der Waals surface area contributed by atoms with Crippen molar-refractivity contribution in [2.24, 2.45) is 0 Å². The molecule has 0 aromatic heterocycles. The molecule has 27 heavy (non-hydrogen) atoms. The molecule has 0 aliphatic heterocycles. The van der Waals surface area contributed by atoms with Crippen molar-refractivity contribution >= 4 is 10.1 Å². The van der Waals surface area contributed by atoms with Gasteiger partial charge >= 0.3 is 51.4 Å². The summed E-state index contributed by atoms with van der Waals surface area (Å²) in [6.45, 7) is 4.05. The molecule has 2 atom stereocenters. The van der Waals surface area contributed by atoms with Crippen molar-refractivity contribution in [1.29, 1.82) is 0 Å². The van der Waals surface area contributed by atoms with Crippen LogP contribution in [0.5, 0.6) is 0 Å². The molecule has 4 nitrogen and oxygen atoms in total. The van der Waals surface area contributed by atoms with Gasteiger partial charge in [-0.2, -0.15) is 0 Å². The van der Waals surface area contributed by atoms with Crippen LogP contribution in [0.1, 0.15) is 123 Å². The van der Waals surface area contributed by atoms with Gasteiger partial charge < -0.3 is 9.66 Å². The molecule has 0 saturated heterocycles. The van der Waals surface area contributed by atoms with E-state index in [1.165, 1.54) is 44.9 Å². The molecule has 1 N–H and O–H groups in total. The van der Waals surface area contributed by atoms with E-state index in [-0.39, 0.29) is 57.5 Å². The summed E-state index contributed by atoms with van der Waals surface area (Å²) in [5.41, 5.74) is 0. The summed E-state index contributed by atoms with van der Waals surface area (Å²) in [6, 6.07) is 0. The van der Waals surface area contributed by atoms with Crippen LogP contribution in [0.15, 0.2) is 0 Å². The molecule has 0 fully saturated rings. The van der Waals surface area contributed by atoms with Gasteiger partial charge in [-0.1, -0.05) is 97.3 Å². The van der Waals surface area contributed by atoms with E-state index >= 15 is 0 Å². The van der Waals surface area contributed by atoms with Crippen molar-refractivity contribution < 1.29 is 69.5 Å². The monoisotopic (exact) mass is 430 g/mol. The summed E-state index contributed by atoms with van der Waals surface area (Å²) in [4.78, 5) is 0. The first-order valence-electron chi connectivity index (χ1n) is 11.0. The van der Waals surface area contributed by atoms with Gasteiger partial charge in [-0.15, -0.1) is 0 Å². The fraction of sp³-hybridized carbons (Fsp3) is 1.00. The molecule has 0 aliphatic carbocycles. The molecule has 0 spiro atoms. The van der Waals surface area contributed by atoms with Gasteiger partial charge in [0.05, 0.1) is 16.2 Å². The van der Waals surface area contributed by atoms with E-state index in [0.29, 0.717) is 12.8 Å².